The molecule has 0 amide bonds. The number of methoxy groups -OCH3 is 1. The van der Waals surface area contributed by atoms with Gasteiger partial charge in [-0.2, -0.15) is 5.10 Å². The van der Waals surface area contributed by atoms with E-state index in [-0.39, 0.29) is 11.6 Å². The topological polar surface area (TPSA) is 53.1 Å². The summed E-state index contributed by atoms with van der Waals surface area (Å²) in [6.45, 7) is 6.08. The lowest BCUT2D eigenvalue weighted by atomic mass is 10.0. The van der Waals surface area contributed by atoms with Crippen molar-refractivity contribution in [3.05, 3.63) is 9.77 Å². The lowest BCUT2D eigenvalue weighted by molar-refractivity contribution is -0.0194. The van der Waals surface area contributed by atoms with Gasteiger partial charge >= 0.3 is 0 Å². The van der Waals surface area contributed by atoms with Crippen LogP contribution < -0.4 is 5.73 Å². The summed E-state index contributed by atoms with van der Waals surface area (Å²) in [7, 11) is 1.70. The number of hydrogen-bond donors (Lipinski definition) is 1. The van der Waals surface area contributed by atoms with Gasteiger partial charge in [0.05, 0.1) is 21.4 Å². The zero-order chi connectivity index (χ0) is 10.9. The predicted molar refractivity (Wildman–Crippen MR) is 65.2 cm³/mol. The van der Waals surface area contributed by atoms with E-state index in [1.165, 1.54) is 0 Å². The van der Waals surface area contributed by atoms with Gasteiger partial charge in [0.15, 0.2) is 0 Å². The summed E-state index contributed by atoms with van der Waals surface area (Å²) < 4.78 is 8.17. The SMILES string of the molecule is COC(C)(C)C(C)n1ncc(I)c1N. The molecule has 0 radical (unpaired) electrons. The lowest BCUT2D eigenvalue weighted by Gasteiger charge is -2.30. The van der Waals surface area contributed by atoms with Crippen molar-refractivity contribution in [3.63, 3.8) is 0 Å². The van der Waals surface area contributed by atoms with Gasteiger partial charge in [-0.15, -0.1) is 0 Å². The maximum Gasteiger partial charge on any atom is 0.135 e. The van der Waals surface area contributed by atoms with Gasteiger partial charge in [0.25, 0.3) is 0 Å². The van der Waals surface area contributed by atoms with Crippen LogP contribution in [0.2, 0.25) is 0 Å². The molecule has 1 atom stereocenters. The van der Waals surface area contributed by atoms with Crippen LogP contribution in [0.4, 0.5) is 5.82 Å². The highest BCUT2D eigenvalue weighted by atomic mass is 127. The first-order chi connectivity index (χ1) is 6.40. The Labute approximate surface area is 97.9 Å². The number of nitrogen functional groups attached to an aromatic ring is 1. The number of rotatable bonds is 3. The van der Waals surface area contributed by atoms with Crippen LogP contribution in [0.5, 0.6) is 0 Å². The van der Waals surface area contributed by atoms with Crippen molar-refractivity contribution >= 4 is 28.4 Å². The number of halogens is 1. The van der Waals surface area contributed by atoms with E-state index in [1.807, 2.05) is 20.8 Å². The van der Waals surface area contributed by atoms with Crippen LogP contribution in [0.1, 0.15) is 26.8 Å². The van der Waals surface area contributed by atoms with Crippen molar-refractivity contribution in [1.29, 1.82) is 0 Å². The van der Waals surface area contributed by atoms with Crippen LogP contribution in [-0.4, -0.2) is 22.5 Å². The fraction of sp³-hybridized carbons (Fsp3) is 0.667. The van der Waals surface area contributed by atoms with Crippen molar-refractivity contribution in [2.45, 2.75) is 32.4 Å². The first kappa shape index (κ1) is 11.8. The van der Waals surface area contributed by atoms with Crippen molar-refractivity contribution in [3.8, 4) is 0 Å². The molecule has 1 rings (SSSR count). The van der Waals surface area contributed by atoms with Gasteiger partial charge < -0.3 is 10.5 Å². The summed E-state index contributed by atoms with van der Waals surface area (Å²) in [5.74, 6) is 0.697. The normalized spacial score (nSPS) is 14.4. The monoisotopic (exact) mass is 309 g/mol. The molecule has 0 aromatic carbocycles. The third-order valence-electron chi connectivity index (χ3n) is 2.69. The molecule has 0 saturated heterocycles. The van der Waals surface area contributed by atoms with Crippen LogP contribution in [-0.2, 0) is 4.74 Å². The zero-order valence-electron chi connectivity index (χ0n) is 8.91. The summed E-state index contributed by atoms with van der Waals surface area (Å²) in [6, 6.07) is 0.107. The quantitative estimate of drug-likeness (QED) is 0.870. The zero-order valence-corrected chi connectivity index (χ0v) is 11.1. The molecule has 0 saturated carbocycles. The predicted octanol–water partition coefficient (Wildman–Crippen LogP) is 2.06. The summed E-state index contributed by atoms with van der Waals surface area (Å²) in [5, 5.41) is 4.23. The van der Waals surface area contributed by atoms with Crippen LogP contribution in [0.15, 0.2) is 6.20 Å². The molecule has 1 unspecified atom stereocenters. The second kappa shape index (κ2) is 4.06. The van der Waals surface area contributed by atoms with E-state index in [0.717, 1.165) is 3.57 Å². The van der Waals surface area contributed by atoms with E-state index in [2.05, 4.69) is 27.7 Å². The Morgan fingerprint density at radius 3 is 2.57 bits per heavy atom. The molecular weight excluding hydrogens is 293 g/mol. The number of nitrogens with zero attached hydrogens (tertiary/aromatic N) is 2. The molecule has 0 aliphatic carbocycles. The van der Waals surface area contributed by atoms with Crippen molar-refractivity contribution < 1.29 is 4.74 Å². The summed E-state index contributed by atoms with van der Waals surface area (Å²) in [5.41, 5.74) is 5.62. The minimum absolute atomic E-state index is 0.107. The van der Waals surface area contributed by atoms with Crippen LogP contribution in [0.25, 0.3) is 0 Å². The van der Waals surface area contributed by atoms with Gasteiger partial charge in [0, 0.05) is 7.11 Å². The molecule has 0 spiro atoms. The summed E-state index contributed by atoms with van der Waals surface area (Å²) >= 11 is 2.17. The maximum absolute atomic E-state index is 5.89. The number of anilines is 1. The standard InChI is InChI=1S/C9H16IN3O/c1-6(9(2,3)14-4)13-8(11)7(10)5-12-13/h5-6H,11H2,1-4H3. The molecular formula is C9H16IN3O. The minimum Gasteiger partial charge on any atom is -0.383 e. The number of nitrogens with two attached hydrogens (primary N) is 1. The first-order valence-corrected chi connectivity index (χ1v) is 5.51. The highest BCUT2D eigenvalue weighted by Gasteiger charge is 2.28. The molecule has 5 heteroatoms. The molecule has 0 fully saturated rings. The fourth-order valence-corrected chi connectivity index (χ4v) is 1.50. The van der Waals surface area contributed by atoms with Gasteiger partial charge in [-0.05, 0) is 43.4 Å². The fourth-order valence-electron chi connectivity index (χ4n) is 1.12. The Kier molecular flexibility index (Phi) is 3.41. The Balaban J connectivity index is 3.00. The molecule has 4 nitrogen and oxygen atoms in total. The van der Waals surface area contributed by atoms with E-state index in [0.29, 0.717) is 5.82 Å². The Morgan fingerprint density at radius 1 is 1.64 bits per heavy atom. The van der Waals surface area contributed by atoms with E-state index < -0.39 is 0 Å². The van der Waals surface area contributed by atoms with E-state index in [4.69, 9.17) is 10.5 Å². The summed E-state index contributed by atoms with van der Waals surface area (Å²) in [4.78, 5) is 0. The van der Waals surface area contributed by atoms with Crippen LogP contribution in [0, 0.1) is 3.57 Å². The van der Waals surface area contributed by atoms with Gasteiger partial charge in [0.1, 0.15) is 5.82 Å². The van der Waals surface area contributed by atoms with E-state index >= 15 is 0 Å². The highest BCUT2D eigenvalue weighted by molar-refractivity contribution is 14.1. The van der Waals surface area contributed by atoms with Crippen molar-refractivity contribution in [2.24, 2.45) is 0 Å². The molecule has 1 heterocycles. The van der Waals surface area contributed by atoms with E-state index in [9.17, 15) is 0 Å². The number of aromatic nitrogens is 2. The Hall–Kier alpha value is -0.300. The largest absolute Gasteiger partial charge is 0.383 e. The molecule has 2 N–H and O–H groups in total. The minimum atomic E-state index is -0.275. The molecule has 0 bridgehead atoms. The van der Waals surface area contributed by atoms with Crippen LogP contribution in [0.3, 0.4) is 0 Å². The third kappa shape index (κ3) is 2.03. The molecule has 14 heavy (non-hydrogen) atoms. The second-order valence-corrected chi connectivity index (χ2v) is 4.97. The lowest BCUT2D eigenvalue weighted by Crippen LogP contribution is -2.34. The molecule has 1 aromatic heterocycles. The third-order valence-corrected chi connectivity index (χ3v) is 3.52. The average Bonchev–Trinajstić information content (AvgIpc) is 2.47. The smallest absolute Gasteiger partial charge is 0.135 e. The molecule has 1 aromatic rings. The maximum atomic E-state index is 5.89. The Bertz CT molecular complexity index is 322. The second-order valence-electron chi connectivity index (χ2n) is 3.81. The molecule has 80 valence electrons. The van der Waals surface area contributed by atoms with E-state index in [1.54, 1.807) is 18.0 Å². The number of ether oxygens (including phenoxy) is 1. The highest BCUT2D eigenvalue weighted by Crippen LogP contribution is 2.28. The van der Waals surface area contributed by atoms with Crippen molar-refractivity contribution in [1.82, 2.24) is 9.78 Å². The van der Waals surface area contributed by atoms with Crippen molar-refractivity contribution in [2.75, 3.05) is 12.8 Å². The Morgan fingerprint density at radius 2 is 2.21 bits per heavy atom. The molecule has 0 aliphatic heterocycles. The van der Waals surface area contributed by atoms with Crippen LogP contribution >= 0.6 is 22.6 Å². The molecule has 0 aliphatic rings. The summed E-state index contributed by atoms with van der Waals surface area (Å²) in [6.07, 6.45) is 1.76. The van der Waals surface area contributed by atoms with Gasteiger partial charge in [-0.25, -0.2) is 4.68 Å². The first-order valence-electron chi connectivity index (χ1n) is 4.43. The average molecular weight is 309 g/mol. The van der Waals surface area contributed by atoms with Gasteiger partial charge in [-0.3, -0.25) is 0 Å². The van der Waals surface area contributed by atoms with Gasteiger partial charge in [0.2, 0.25) is 0 Å². The van der Waals surface area contributed by atoms with Gasteiger partial charge in [-0.1, -0.05) is 0 Å². The number of hydrogen-bond acceptors (Lipinski definition) is 3.